The fraction of sp³-hybridized carbons (Fsp3) is 0.292. The van der Waals surface area contributed by atoms with Crippen molar-refractivity contribution in [2.75, 3.05) is 36.1 Å². The smallest absolute Gasteiger partial charge is 0.345 e. The molecule has 2 N–H and O–H groups in total. The molecule has 4 heterocycles. The third-order valence-electron chi connectivity index (χ3n) is 10.9. The van der Waals surface area contributed by atoms with Gasteiger partial charge in [-0.1, -0.05) is 77.3 Å². The van der Waals surface area contributed by atoms with Gasteiger partial charge in [0.15, 0.2) is 0 Å². The van der Waals surface area contributed by atoms with Gasteiger partial charge in [0.2, 0.25) is 11.8 Å². The van der Waals surface area contributed by atoms with Crippen LogP contribution in [0.4, 0.5) is 11.4 Å². The fourth-order valence-electron chi connectivity index (χ4n) is 8.19. The Bertz CT molecular complexity index is 2430. The van der Waals surface area contributed by atoms with Gasteiger partial charge in [0.1, 0.15) is 36.8 Å². The molecule has 0 spiro atoms. The number of nitrogens with one attached hydrogen (secondary N) is 2. The largest absolute Gasteiger partial charge is 0.462 e. The van der Waals surface area contributed by atoms with E-state index in [1.165, 1.54) is 21.9 Å². The number of nitrogens with zero attached hydrogens (tertiary/aromatic N) is 2. The van der Waals surface area contributed by atoms with Crippen molar-refractivity contribution < 1.29 is 57.3 Å². The van der Waals surface area contributed by atoms with E-state index in [0.717, 1.165) is 12.2 Å². The van der Waals surface area contributed by atoms with Gasteiger partial charge in [-0.2, -0.15) is 0 Å². The van der Waals surface area contributed by atoms with Crippen LogP contribution < -0.4 is 29.9 Å². The molecule has 0 fully saturated rings. The first-order valence-electron chi connectivity index (χ1n) is 20.8. The average molecular weight is 871 g/mol. The van der Waals surface area contributed by atoms with Crippen molar-refractivity contribution in [3.05, 3.63) is 108 Å². The zero-order valence-electron chi connectivity index (χ0n) is 35.7. The van der Waals surface area contributed by atoms with E-state index in [1.807, 2.05) is 27.7 Å². The maximum Gasteiger partial charge on any atom is 0.345 e. The number of esters is 4. The molecule has 0 aliphatic carbocycles. The number of ether oxygens (including phenoxy) is 4. The molecule has 0 radical (unpaired) electrons. The highest BCUT2D eigenvalue weighted by Gasteiger charge is 2.48. The summed E-state index contributed by atoms with van der Waals surface area (Å²) in [7, 11) is 0. The topological polar surface area (TPSA) is 204 Å². The van der Waals surface area contributed by atoms with Crippen molar-refractivity contribution in [2.45, 2.75) is 52.6 Å². The molecule has 2 atom stereocenters. The van der Waals surface area contributed by atoms with Crippen LogP contribution in [0.25, 0.3) is 22.3 Å². The van der Waals surface area contributed by atoms with Crippen LogP contribution in [0.3, 0.4) is 0 Å². The minimum atomic E-state index is -1.10. The number of fused-ring (bicyclic) bond motifs is 4. The van der Waals surface area contributed by atoms with E-state index < -0.39 is 59.6 Å². The second-order valence-corrected chi connectivity index (χ2v) is 16.1. The Labute approximate surface area is 368 Å². The number of benzene rings is 3. The minimum absolute atomic E-state index is 0.00788. The zero-order valence-corrected chi connectivity index (χ0v) is 35.7. The van der Waals surface area contributed by atoms with Gasteiger partial charge in [-0.3, -0.25) is 29.0 Å². The summed E-state index contributed by atoms with van der Waals surface area (Å²) < 4.78 is 22.6. The lowest BCUT2D eigenvalue weighted by Crippen LogP contribution is -2.45. The highest BCUT2D eigenvalue weighted by atomic mass is 16.6. The Kier molecular flexibility index (Phi) is 12.8. The summed E-state index contributed by atoms with van der Waals surface area (Å²) in [6.07, 6.45) is 2.59. The predicted octanol–water partition coefficient (Wildman–Crippen LogP) is 4.56. The molecule has 7 rings (SSSR count). The fourth-order valence-corrected chi connectivity index (χ4v) is 8.19. The van der Waals surface area contributed by atoms with Gasteiger partial charge in [0, 0.05) is 22.3 Å². The molecule has 3 aromatic rings. The van der Waals surface area contributed by atoms with Crippen molar-refractivity contribution in [3.8, 4) is 11.5 Å². The highest BCUT2D eigenvalue weighted by molar-refractivity contribution is 6.48. The second kappa shape index (κ2) is 18.4. The van der Waals surface area contributed by atoms with Crippen molar-refractivity contribution in [1.29, 1.82) is 0 Å². The number of anilines is 2. The number of carbonyl (C=O) groups is 8. The van der Waals surface area contributed by atoms with Gasteiger partial charge in [0.05, 0.1) is 46.8 Å². The van der Waals surface area contributed by atoms with Crippen LogP contribution in [0.1, 0.15) is 62.8 Å². The molecule has 330 valence electrons. The third kappa shape index (κ3) is 8.33. The van der Waals surface area contributed by atoms with Crippen LogP contribution in [0.15, 0.2) is 86.0 Å². The molecular weight excluding hydrogens is 825 g/mol. The molecular formula is C48H46N4O12. The quantitative estimate of drug-likeness (QED) is 0.0881. The monoisotopic (exact) mass is 870 g/mol. The molecule has 4 aliphatic rings. The molecule has 4 amide bonds. The number of hydrogen-bond acceptors (Lipinski definition) is 12. The molecule has 0 saturated heterocycles. The second-order valence-electron chi connectivity index (χ2n) is 16.1. The van der Waals surface area contributed by atoms with Crippen LogP contribution in [0.2, 0.25) is 0 Å². The Morgan fingerprint density at radius 1 is 0.594 bits per heavy atom. The van der Waals surface area contributed by atoms with E-state index in [9.17, 15) is 38.4 Å². The van der Waals surface area contributed by atoms with Crippen molar-refractivity contribution in [2.24, 2.45) is 11.8 Å². The van der Waals surface area contributed by atoms with Gasteiger partial charge in [-0.15, -0.1) is 0 Å². The summed E-state index contributed by atoms with van der Waals surface area (Å²) in [6, 6.07) is 14.0. The van der Waals surface area contributed by atoms with E-state index in [2.05, 4.69) is 23.8 Å². The summed E-state index contributed by atoms with van der Waals surface area (Å²) in [5.74, 6) is -5.51. The first-order chi connectivity index (χ1) is 30.7. The number of hydrogen-bond donors (Lipinski definition) is 2. The van der Waals surface area contributed by atoms with Crippen molar-refractivity contribution in [3.63, 3.8) is 0 Å². The Morgan fingerprint density at radius 3 is 1.33 bits per heavy atom. The van der Waals surface area contributed by atoms with Crippen LogP contribution in [-0.2, 0) is 47.8 Å². The van der Waals surface area contributed by atoms with E-state index >= 15 is 0 Å². The third-order valence-corrected chi connectivity index (χ3v) is 10.9. The molecule has 16 heteroatoms. The zero-order chi connectivity index (χ0) is 46.0. The number of carbonyl (C=O) groups excluding carboxylic acids is 8. The molecule has 0 bridgehead atoms. The normalized spacial score (nSPS) is 17.9. The lowest BCUT2D eigenvalue weighted by Gasteiger charge is -2.28. The first kappa shape index (κ1) is 44.4. The lowest BCUT2D eigenvalue weighted by atomic mass is 9.92. The van der Waals surface area contributed by atoms with Gasteiger partial charge in [0.25, 0.3) is 11.8 Å². The van der Waals surface area contributed by atoms with Gasteiger partial charge >= 0.3 is 23.9 Å². The van der Waals surface area contributed by atoms with Crippen LogP contribution in [0.5, 0.6) is 11.5 Å². The predicted molar refractivity (Wildman–Crippen MR) is 234 cm³/mol. The Morgan fingerprint density at radius 2 is 0.969 bits per heavy atom. The standard InChI is InChI=1S/C48H46N4O12/c1-7-37(53)49-17-19-61-45(57)33(21-25(3)4)51-31-15-11-9-13-27(31)39(43(51)55)41-29-23-36-30(24-35(29)63-47(41)59)42(48(60)64-36)40-28-14-10-12-16-32(28)52(44(40)56)34(22-26(5)6)46(58)62-20-18-50-38(54)8-2/h7-16,23-26,33-34H,1-2,17-22H2,3-6H3,(H,49,53)(H,50,54)/b41-39+,42-40+. The van der Waals surface area contributed by atoms with Gasteiger partial charge in [-0.05, 0) is 61.1 Å². The Balaban J connectivity index is 1.26. The summed E-state index contributed by atoms with van der Waals surface area (Å²) in [5.41, 5.74) is 1.42. The molecule has 0 aromatic heterocycles. The van der Waals surface area contributed by atoms with Crippen molar-refractivity contribution >= 4 is 81.2 Å². The number of amides is 4. The summed E-state index contributed by atoms with van der Waals surface area (Å²) in [6.45, 7) is 14.1. The maximum atomic E-state index is 14.7. The number of para-hydroxylation sites is 2. The molecule has 3 aromatic carbocycles. The SMILES string of the molecule is C=CC(=O)NCCOC(=O)C(CC(C)C)N1C(=O)/C(=C2/C(=O)Oc3cc4c(cc32)OC(=O)/C4=C2/C(=O)N(C(CC(C)C)C(=O)OCCNC(=O)C=C)c3ccccc32)c2ccccc21. The van der Waals surface area contributed by atoms with E-state index in [1.54, 1.807) is 48.5 Å². The molecule has 0 saturated carbocycles. The highest BCUT2D eigenvalue weighted by Crippen LogP contribution is 2.52. The van der Waals surface area contributed by atoms with Crippen LogP contribution in [0, 0.1) is 11.8 Å². The lowest BCUT2D eigenvalue weighted by molar-refractivity contribution is -0.147. The molecule has 2 unspecified atom stereocenters. The van der Waals surface area contributed by atoms with Crippen LogP contribution >= 0.6 is 0 Å². The number of rotatable bonds is 16. The maximum absolute atomic E-state index is 14.7. The average Bonchev–Trinajstić information content (AvgIpc) is 3.94. The first-order valence-corrected chi connectivity index (χ1v) is 20.8. The molecule has 4 aliphatic heterocycles. The summed E-state index contributed by atoms with van der Waals surface area (Å²) >= 11 is 0. The van der Waals surface area contributed by atoms with Gasteiger partial charge in [-0.25, -0.2) is 19.2 Å². The van der Waals surface area contributed by atoms with Gasteiger partial charge < -0.3 is 29.6 Å². The Hall–Kier alpha value is -7.62. The minimum Gasteiger partial charge on any atom is -0.462 e. The van der Waals surface area contributed by atoms with E-state index in [0.29, 0.717) is 22.5 Å². The summed E-state index contributed by atoms with van der Waals surface area (Å²) in [4.78, 5) is 110. The van der Waals surface area contributed by atoms with E-state index in [4.69, 9.17) is 18.9 Å². The summed E-state index contributed by atoms with van der Waals surface area (Å²) in [5, 5.41) is 5.08. The van der Waals surface area contributed by atoms with Crippen molar-refractivity contribution in [1.82, 2.24) is 10.6 Å². The van der Waals surface area contributed by atoms with E-state index in [-0.39, 0.29) is 95.9 Å². The molecule has 16 nitrogen and oxygen atoms in total. The molecule has 64 heavy (non-hydrogen) atoms. The van der Waals surface area contributed by atoms with Crippen LogP contribution in [-0.4, -0.2) is 85.9 Å².